The van der Waals surface area contributed by atoms with Crippen LogP contribution in [-0.2, 0) is 4.74 Å². The zero-order chi connectivity index (χ0) is 4.12. The van der Waals surface area contributed by atoms with E-state index in [1.54, 1.807) is 7.11 Å². The van der Waals surface area contributed by atoms with E-state index in [0.717, 1.165) is 13.0 Å². The molecule has 0 unspecified atom stereocenters. The number of hydrogen-bond donors (Lipinski definition) is 0. The van der Waals surface area contributed by atoms with Crippen LogP contribution in [-0.4, -0.2) is 13.7 Å². The predicted octanol–water partition coefficient (Wildman–Crippen LogP) is -2.14. The Morgan fingerprint density at radius 1 is 1.67 bits per heavy atom. The zero-order valence-electron chi connectivity index (χ0n) is 4.53. The first-order valence-corrected chi connectivity index (χ1v) is 1.70. The van der Waals surface area contributed by atoms with E-state index in [4.69, 9.17) is 0 Å². The molecule has 0 aliphatic rings. The molecule has 0 heterocycles. The monoisotopic (exact) mass is 96.1 g/mol. The van der Waals surface area contributed by atoms with Gasteiger partial charge in [0.1, 0.15) is 0 Å². The summed E-state index contributed by atoms with van der Waals surface area (Å²) in [5, 5.41) is 0. The molecule has 6 heavy (non-hydrogen) atoms. The molecule has 0 spiro atoms. The van der Waals surface area contributed by atoms with Crippen molar-refractivity contribution in [3.05, 3.63) is 6.92 Å². The standard InChI is InChI=1S/C4H9O.Na/c1-3-4-5-2;/h1,3-4H2,2H3;/q-1;+1. The minimum atomic E-state index is 0. The van der Waals surface area contributed by atoms with Gasteiger partial charge in [0.25, 0.3) is 0 Å². The normalized spacial score (nSPS) is 7.00. The molecule has 0 saturated heterocycles. The Hall–Kier alpha value is 0.960. The molecule has 0 N–H and O–H groups in total. The molecule has 0 aromatic rings. The molecular weight excluding hydrogens is 87.0 g/mol. The molecule has 1 nitrogen and oxygen atoms in total. The third-order valence-electron chi connectivity index (χ3n) is 0.348. The van der Waals surface area contributed by atoms with Gasteiger partial charge in [0, 0.05) is 13.7 Å². The summed E-state index contributed by atoms with van der Waals surface area (Å²) in [6.07, 6.45) is 0.872. The second-order valence-corrected chi connectivity index (χ2v) is 0.846. The first-order valence-electron chi connectivity index (χ1n) is 1.70. The molecule has 0 bridgehead atoms. The Morgan fingerprint density at radius 2 is 2.17 bits per heavy atom. The van der Waals surface area contributed by atoms with Crippen molar-refractivity contribution in [3.63, 3.8) is 0 Å². The summed E-state index contributed by atoms with van der Waals surface area (Å²) in [6, 6.07) is 0. The molecule has 0 fully saturated rings. The molecule has 0 aromatic heterocycles. The number of ether oxygens (including phenoxy) is 1. The summed E-state index contributed by atoms with van der Waals surface area (Å²) >= 11 is 0. The van der Waals surface area contributed by atoms with Crippen LogP contribution in [0.2, 0.25) is 0 Å². The maximum absolute atomic E-state index is 4.63. The van der Waals surface area contributed by atoms with Crippen LogP contribution < -0.4 is 29.6 Å². The van der Waals surface area contributed by atoms with Gasteiger partial charge < -0.3 is 11.7 Å². The van der Waals surface area contributed by atoms with Crippen LogP contribution in [0.1, 0.15) is 6.42 Å². The summed E-state index contributed by atoms with van der Waals surface area (Å²) in [6.45, 7) is 4.33. The first-order chi connectivity index (χ1) is 2.41. The van der Waals surface area contributed by atoms with Crippen molar-refractivity contribution in [2.24, 2.45) is 0 Å². The van der Waals surface area contributed by atoms with Crippen LogP contribution in [0.5, 0.6) is 0 Å². The van der Waals surface area contributed by atoms with Gasteiger partial charge in [-0.1, -0.05) is 0 Å². The second-order valence-electron chi connectivity index (χ2n) is 0.846. The van der Waals surface area contributed by atoms with E-state index in [0.29, 0.717) is 0 Å². The van der Waals surface area contributed by atoms with Crippen molar-refractivity contribution in [2.75, 3.05) is 13.7 Å². The van der Waals surface area contributed by atoms with Crippen molar-refractivity contribution in [3.8, 4) is 0 Å². The van der Waals surface area contributed by atoms with E-state index in [1.807, 2.05) is 0 Å². The van der Waals surface area contributed by atoms with Gasteiger partial charge >= 0.3 is 29.6 Å². The van der Waals surface area contributed by atoms with Crippen molar-refractivity contribution in [1.29, 1.82) is 0 Å². The van der Waals surface area contributed by atoms with E-state index >= 15 is 0 Å². The third kappa shape index (κ3) is 8.88. The molecule has 0 rings (SSSR count). The Balaban J connectivity index is 0. The molecule has 32 valence electrons. The summed E-state index contributed by atoms with van der Waals surface area (Å²) in [5.41, 5.74) is 0. The molecule has 0 aromatic carbocycles. The molecule has 0 saturated carbocycles. The number of methoxy groups -OCH3 is 1. The summed E-state index contributed by atoms with van der Waals surface area (Å²) < 4.78 is 4.63. The zero-order valence-corrected chi connectivity index (χ0v) is 6.53. The van der Waals surface area contributed by atoms with Gasteiger partial charge in [0.05, 0.1) is 0 Å². The predicted molar refractivity (Wildman–Crippen MR) is 21.8 cm³/mol. The van der Waals surface area contributed by atoms with Crippen LogP contribution in [0.3, 0.4) is 0 Å². The maximum atomic E-state index is 4.63. The molecule has 0 radical (unpaired) electrons. The average molecular weight is 96.1 g/mol. The fourth-order valence-corrected chi connectivity index (χ4v) is 0.144. The largest absolute Gasteiger partial charge is 1.00 e. The van der Waals surface area contributed by atoms with Gasteiger partial charge in [0.15, 0.2) is 0 Å². The third-order valence-corrected chi connectivity index (χ3v) is 0.348. The number of hydrogen-bond acceptors (Lipinski definition) is 1. The van der Waals surface area contributed by atoms with Crippen molar-refractivity contribution in [1.82, 2.24) is 0 Å². The van der Waals surface area contributed by atoms with Gasteiger partial charge in [0.2, 0.25) is 0 Å². The van der Waals surface area contributed by atoms with E-state index in [9.17, 15) is 0 Å². The number of rotatable bonds is 2. The molecule has 0 atom stereocenters. The van der Waals surface area contributed by atoms with Gasteiger partial charge in [-0.3, -0.25) is 0 Å². The molecule has 2 heteroatoms. The fourth-order valence-electron chi connectivity index (χ4n) is 0.144. The van der Waals surface area contributed by atoms with Gasteiger partial charge in [-0.05, 0) is 0 Å². The van der Waals surface area contributed by atoms with Gasteiger partial charge in [-0.2, -0.15) is 6.42 Å². The van der Waals surface area contributed by atoms with Gasteiger partial charge in [-0.15, -0.1) is 0 Å². The topological polar surface area (TPSA) is 9.23 Å². The van der Waals surface area contributed by atoms with Crippen LogP contribution in [0, 0.1) is 6.92 Å². The minimum Gasteiger partial charge on any atom is -0.387 e. The maximum Gasteiger partial charge on any atom is 1.00 e. The van der Waals surface area contributed by atoms with E-state index in [2.05, 4.69) is 11.7 Å². The van der Waals surface area contributed by atoms with E-state index < -0.39 is 0 Å². The Morgan fingerprint density at radius 3 is 2.17 bits per heavy atom. The summed E-state index contributed by atoms with van der Waals surface area (Å²) in [7, 11) is 1.67. The van der Waals surface area contributed by atoms with Crippen molar-refractivity contribution < 1.29 is 34.3 Å². The van der Waals surface area contributed by atoms with E-state index in [-0.39, 0.29) is 29.6 Å². The van der Waals surface area contributed by atoms with Crippen LogP contribution >= 0.6 is 0 Å². The molecule has 0 amide bonds. The van der Waals surface area contributed by atoms with E-state index in [1.165, 1.54) is 0 Å². The Kier molecular flexibility index (Phi) is 15.7. The summed E-state index contributed by atoms with van der Waals surface area (Å²) in [5.74, 6) is 0. The second kappa shape index (κ2) is 9.35. The fraction of sp³-hybridized carbons (Fsp3) is 0.750. The Labute approximate surface area is 61.4 Å². The average Bonchev–Trinajstić information content (AvgIpc) is 1.41. The van der Waals surface area contributed by atoms with Crippen LogP contribution in [0.25, 0.3) is 0 Å². The molecular formula is C4H9NaO. The van der Waals surface area contributed by atoms with Crippen molar-refractivity contribution >= 4 is 0 Å². The molecule has 0 aliphatic heterocycles. The molecule has 0 aliphatic carbocycles. The first kappa shape index (κ1) is 10.0. The smallest absolute Gasteiger partial charge is 0.387 e. The van der Waals surface area contributed by atoms with Crippen LogP contribution in [0.4, 0.5) is 0 Å². The summed E-state index contributed by atoms with van der Waals surface area (Å²) in [4.78, 5) is 0. The minimum absolute atomic E-state index is 0. The Bertz CT molecular complexity index is 15.0. The SMILES string of the molecule is [CH2-]CCOC.[Na+]. The quantitative estimate of drug-likeness (QED) is 0.281. The van der Waals surface area contributed by atoms with Gasteiger partial charge in [-0.25, -0.2) is 0 Å². The van der Waals surface area contributed by atoms with Crippen molar-refractivity contribution in [2.45, 2.75) is 6.42 Å². The van der Waals surface area contributed by atoms with Crippen LogP contribution in [0.15, 0.2) is 0 Å².